The van der Waals surface area contributed by atoms with Crippen LogP contribution in [0.4, 0.5) is 0 Å². The van der Waals surface area contributed by atoms with E-state index in [0.29, 0.717) is 26.1 Å². The first kappa shape index (κ1) is 54.9. The van der Waals surface area contributed by atoms with Crippen molar-refractivity contribution < 1.29 is 19.1 Å². The Balaban J connectivity index is 3.94. The number of unbranched alkanes of at least 4 members (excludes halogenated alkanes) is 20. The van der Waals surface area contributed by atoms with Crippen LogP contribution in [0.3, 0.4) is 0 Å². The molecule has 56 heavy (non-hydrogen) atoms. The zero-order valence-corrected chi connectivity index (χ0v) is 38.9. The Labute approximate surface area is 351 Å². The van der Waals surface area contributed by atoms with Gasteiger partial charge < -0.3 is 14.8 Å². The first-order valence-electron chi connectivity index (χ1n) is 25.5. The average molecular weight is 792 g/mol. The maximum absolute atomic E-state index is 12.3. The fourth-order valence-corrected chi connectivity index (χ4v) is 8.51. The lowest BCUT2D eigenvalue weighted by molar-refractivity contribution is -0.145. The quantitative estimate of drug-likeness (QED) is 0.0491. The van der Waals surface area contributed by atoms with Crippen molar-refractivity contribution in [3.05, 3.63) is 0 Å². The van der Waals surface area contributed by atoms with E-state index in [2.05, 4.69) is 39.9 Å². The van der Waals surface area contributed by atoms with Crippen LogP contribution < -0.4 is 5.32 Å². The Morgan fingerprint density at radius 2 is 0.643 bits per heavy atom. The Bertz CT molecular complexity index is 723. The lowest BCUT2D eigenvalue weighted by Crippen LogP contribution is -2.17. The zero-order chi connectivity index (χ0) is 41.0. The van der Waals surface area contributed by atoms with Gasteiger partial charge in [0.15, 0.2) is 0 Å². The van der Waals surface area contributed by atoms with E-state index in [4.69, 9.17) is 9.47 Å². The summed E-state index contributed by atoms with van der Waals surface area (Å²) in [6.07, 6.45) is 45.7. The summed E-state index contributed by atoms with van der Waals surface area (Å²) in [6, 6.07) is 0. The van der Waals surface area contributed by atoms with E-state index in [0.717, 1.165) is 69.4 Å². The smallest absolute Gasteiger partial charge is 0.305 e. The van der Waals surface area contributed by atoms with Crippen LogP contribution in [0.15, 0.2) is 0 Å². The van der Waals surface area contributed by atoms with Crippen molar-refractivity contribution in [3.63, 3.8) is 0 Å². The second-order valence-electron chi connectivity index (χ2n) is 17.8. The molecule has 0 bridgehead atoms. The zero-order valence-electron chi connectivity index (χ0n) is 38.9. The Morgan fingerprint density at radius 1 is 0.357 bits per heavy atom. The number of hydrogen-bond donors (Lipinski definition) is 1. The molecule has 0 aliphatic heterocycles. The van der Waals surface area contributed by atoms with Crippen molar-refractivity contribution in [3.8, 4) is 0 Å². The first-order valence-corrected chi connectivity index (χ1v) is 25.5. The number of esters is 2. The third-order valence-electron chi connectivity index (χ3n) is 12.4. The van der Waals surface area contributed by atoms with Crippen LogP contribution >= 0.6 is 0 Å². The van der Waals surface area contributed by atoms with E-state index in [1.54, 1.807) is 0 Å². The summed E-state index contributed by atoms with van der Waals surface area (Å²) in [4.78, 5) is 24.6. The van der Waals surface area contributed by atoms with Gasteiger partial charge in [0.2, 0.25) is 0 Å². The monoisotopic (exact) mass is 792 g/mol. The highest BCUT2D eigenvalue weighted by Gasteiger charge is 2.13. The molecule has 0 spiro atoms. The molecule has 0 unspecified atom stereocenters. The lowest BCUT2D eigenvalue weighted by atomic mass is 9.91. The summed E-state index contributed by atoms with van der Waals surface area (Å²) >= 11 is 0. The molecule has 0 aromatic carbocycles. The summed E-state index contributed by atoms with van der Waals surface area (Å²) in [7, 11) is 0. The van der Waals surface area contributed by atoms with Crippen molar-refractivity contribution in [1.29, 1.82) is 0 Å². The Morgan fingerprint density at radius 3 is 0.964 bits per heavy atom. The van der Waals surface area contributed by atoms with Gasteiger partial charge in [-0.1, -0.05) is 227 Å². The van der Waals surface area contributed by atoms with Crippen LogP contribution in [0.25, 0.3) is 0 Å². The molecule has 0 saturated heterocycles. The largest absolute Gasteiger partial charge is 0.466 e. The van der Waals surface area contributed by atoms with E-state index in [1.807, 2.05) is 0 Å². The van der Waals surface area contributed by atoms with Crippen molar-refractivity contribution in [1.82, 2.24) is 5.32 Å². The number of carbonyl (C=O) groups excluding carboxylic acids is 2. The summed E-state index contributed by atoms with van der Waals surface area (Å²) in [5.41, 5.74) is 0. The second kappa shape index (κ2) is 45.0. The molecule has 0 atom stereocenters. The second-order valence-corrected chi connectivity index (χ2v) is 17.8. The van der Waals surface area contributed by atoms with E-state index in [-0.39, 0.29) is 11.9 Å². The molecule has 5 nitrogen and oxygen atoms in total. The Hall–Kier alpha value is -1.10. The minimum atomic E-state index is 0.0214. The molecule has 0 fully saturated rings. The molecule has 0 radical (unpaired) electrons. The Kier molecular flexibility index (Phi) is 44.1. The molecule has 0 rings (SSSR count). The van der Waals surface area contributed by atoms with Crippen LogP contribution in [-0.4, -0.2) is 38.2 Å². The third-order valence-corrected chi connectivity index (χ3v) is 12.4. The molecule has 0 aromatic heterocycles. The molecule has 5 heteroatoms. The summed E-state index contributed by atoms with van der Waals surface area (Å²) in [5.74, 6) is 2.36. The van der Waals surface area contributed by atoms with Gasteiger partial charge in [-0.2, -0.15) is 0 Å². The van der Waals surface area contributed by atoms with Gasteiger partial charge >= 0.3 is 11.9 Å². The lowest BCUT2D eigenvalue weighted by Gasteiger charge is -2.17. The molecule has 1 N–H and O–H groups in total. The molecule has 0 aromatic rings. The highest BCUT2D eigenvalue weighted by Crippen LogP contribution is 2.24. The number of ether oxygens (including phenoxy) is 2. The highest BCUT2D eigenvalue weighted by atomic mass is 16.5. The van der Waals surface area contributed by atoms with Crippen molar-refractivity contribution in [2.24, 2.45) is 17.8 Å². The maximum atomic E-state index is 12.3. The van der Waals surface area contributed by atoms with Gasteiger partial charge in [-0.3, -0.25) is 9.59 Å². The van der Waals surface area contributed by atoms with Crippen LogP contribution in [0.5, 0.6) is 0 Å². The number of carbonyl (C=O) groups is 2. The minimum Gasteiger partial charge on any atom is -0.466 e. The topological polar surface area (TPSA) is 64.6 Å². The third kappa shape index (κ3) is 39.7. The fraction of sp³-hybridized carbons (Fsp3) is 0.961. The molecule has 0 saturated carbocycles. The van der Waals surface area contributed by atoms with Gasteiger partial charge in [0.05, 0.1) is 13.2 Å². The van der Waals surface area contributed by atoms with E-state index >= 15 is 0 Å². The van der Waals surface area contributed by atoms with Crippen LogP contribution in [-0.2, 0) is 19.1 Å². The minimum absolute atomic E-state index is 0.0214. The molecule has 0 amide bonds. The van der Waals surface area contributed by atoms with Crippen molar-refractivity contribution in [2.75, 3.05) is 26.3 Å². The van der Waals surface area contributed by atoms with Crippen molar-refractivity contribution >= 4 is 11.9 Å². The molecule has 0 aliphatic carbocycles. The number of rotatable bonds is 46. The van der Waals surface area contributed by atoms with E-state index in [1.165, 1.54) is 186 Å². The molecule has 0 aliphatic rings. The van der Waals surface area contributed by atoms with Crippen LogP contribution in [0, 0.1) is 17.8 Å². The van der Waals surface area contributed by atoms with Gasteiger partial charge in [-0.25, -0.2) is 0 Å². The standard InChI is InChI=1S/C51H101NO4/c1-6-11-25-33-48(34-26-12-7-2)42-45-55-50(53)39-31-23-19-15-17-21-29-37-47(41-44-52-10-5)38-30-22-18-16-20-24-32-40-51(54)56-46-43-49(35-27-13-8-3)36-28-14-9-4/h47-49,52H,6-46H2,1-5H3. The van der Waals surface area contributed by atoms with Gasteiger partial charge in [0, 0.05) is 12.8 Å². The van der Waals surface area contributed by atoms with Gasteiger partial charge in [-0.15, -0.1) is 0 Å². The van der Waals surface area contributed by atoms with E-state index < -0.39 is 0 Å². The molecular weight excluding hydrogens is 691 g/mol. The maximum Gasteiger partial charge on any atom is 0.305 e. The van der Waals surface area contributed by atoms with Crippen molar-refractivity contribution in [2.45, 2.75) is 272 Å². The van der Waals surface area contributed by atoms with E-state index in [9.17, 15) is 9.59 Å². The summed E-state index contributed by atoms with van der Waals surface area (Å²) < 4.78 is 11.3. The molecular formula is C51H101NO4. The molecule has 0 heterocycles. The predicted octanol–water partition coefficient (Wildman–Crippen LogP) is 16.0. The normalized spacial score (nSPS) is 11.7. The van der Waals surface area contributed by atoms with Gasteiger partial charge in [0.1, 0.15) is 0 Å². The van der Waals surface area contributed by atoms with Gasteiger partial charge in [-0.05, 0) is 62.9 Å². The first-order chi connectivity index (χ1) is 27.5. The SMILES string of the molecule is CCCCCC(CCCCC)CCOC(=O)CCCCCCCCCC(CCCCCCCCCC(=O)OCCC(CCCCC)CCCCC)CCNCC. The highest BCUT2D eigenvalue weighted by molar-refractivity contribution is 5.69. The van der Waals surface area contributed by atoms with Crippen LogP contribution in [0.2, 0.25) is 0 Å². The molecule has 334 valence electrons. The predicted molar refractivity (Wildman–Crippen MR) is 244 cm³/mol. The number of nitrogens with one attached hydrogen (secondary N) is 1. The summed E-state index contributed by atoms with van der Waals surface area (Å²) in [6.45, 7) is 14.8. The fourth-order valence-electron chi connectivity index (χ4n) is 8.51. The average Bonchev–Trinajstić information content (AvgIpc) is 3.19. The van der Waals surface area contributed by atoms with Gasteiger partial charge in [0.25, 0.3) is 0 Å². The summed E-state index contributed by atoms with van der Waals surface area (Å²) in [5, 5.41) is 3.56. The number of hydrogen-bond acceptors (Lipinski definition) is 5. The van der Waals surface area contributed by atoms with Crippen LogP contribution in [0.1, 0.15) is 272 Å².